The summed E-state index contributed by atoms with van der Waals surface area (Å²) in [7, 11) is 3.52. The molecule has 32 heavy (non-hydrogen) atoms. The van der Waals surface area contributed by atoms with E-state index >= 15 is 0 Å². The maximum Gasteiger partial charge on any atom is 0.255 e. The van der Waals surface area contributed by atoms with Crippen molar-refractivity contribution in [3.05, 3.63) is 45.4 Å². The fourth-order valence-corrected chi connectivity index (χ4v) is 5.36. The van der Waals surface area contributed by atoms with Crippen LogP contribution < -0.4 is 10.6 Å². The van der Waals surface area contributed by atoms with Crippen LogP contribution in [-0.2, 0) is 16.0 Å². The number of aromatic hydroxyl groups is 1. The van der Waals surface area contributed by atoms with E-state index in [0.29, 0.717) is 24.1 Å². The fourth-order valence-electron chi connectivity index (χ4n) is 5.36. The Morgan fingerprint density at radius 1 is 1.12 bits per heavy atom. The van der Waals surface area contributed by atoms with Crippen LogP contribution >= 0.6 is 0 Å². The molecule has 0 saturated carbocycles. The van der Waals surface area contributed by atoms with E-state index in [-0.39, 0.29) is 23.1 Å². The van der Waals surface area contributed by atoms with E-state index in [0.717, 1.165) is 0 Å². The van der Waals surface area contributed by atoms with Crippen molar-refractivity contribution < 1.29 is 34.5 Å². The third-order valence-electron chi connectivity index (χ3n) is 6.72. The Balaban J connectivity index is 1.91. The van der Waals surface area contributed by atoms with Gasteiger partial charge in [-0.05, 0) is 43.2 Å². The van der Waals surface area contributed by atoms with Crippen LogP contribution in [0.15, 0.2) is 28.7 Å². The minimum Gasteiger partial charge on any atom is -0.511 e. The first kappa shape index (κ1) is 21.6. The Bertz CT molecular complexity index is 1180. The number of hydrogen-bond acceptors (Lipinski definition) is 8. The number of primary amides is 1. The molecular formula is C23H24N2O7. The van der Waals surface area contributed by atoms with Gasteiger partial charge in [-0.15, -0.1) is 0 Å². The van der Waals surface area contributed by atoms with E-state index in [2.05, 4.69) is 0 Å². The Kier molecular flexibility index (Phi) is 4.87. The molecule has 3 aliphatic rings. The van der Waals surface area contributed by atoms with Crippen molar-refractivity contribution in [3.63, 3.8) is 0 Å². The number of benzene rings is 1. The van der Waals surface area contributed by atoms with E-state index < -0.39 is 63.9 Å². The summed E-state index contributed by atoms with van der Waals surface area (Å²) in [6.07, 6.45) is 0.599. The molecule has 0 heterocycles. The maximum atomic E-state index is 13.5. The summed E-state index contributed by atoms with van der Waals surface area (Å²) in [4.78, 5) is 51.9. The number of phenolic OH excluding ortho intramolecular Hbond substituents is 1. The van der Waals surface area contributed by atoms with Gasteiger partial charge in [-0.2, -0.15) is 0 Å². The molecule has 0 fully saturated rings. The summed E-state index contributed by atoms with van der Waals surface area (Å²) >= 11 is 0. The Morgan fingerprint density at radius 2 is 1.78 bits per heavy atom. The van der Waals surface area contributed by atoms with Gasteiger partial charge < -0.3 is 26.0 Å². The SMILES string of the molecule is CC(=O)c1cc(N(C)C)c2c(c1O)C(=O)C1=C(O)C3C(=O)C(C(N)=O)=C(O)CC3CC1C2. The van der Waals surface area contributed by atoms with Gasteiger partial charge in [0.15, 0.2) is 17.3 Å². The Hall–Kier alpha value is -3.62. The molecule has 9 nitrogen and oxygen atoms in total. The van der Waals surface area contributed by atoms with E-state index in [1.165, 1.54) is 6.92 Å². The number of allylic oxidation sites excluding steroid dienone is 3. The number of phenols is 1. The zero-order valence-electron chi connectivity index (χ0n) is 17.9. The third-order valence-corrected chi connectivity index (χ3v) is 6.72. The molecule has 0 aromatic heterocycles. The molecule has 0 spiro atoms. The molecule has 3 unspecified atom stereocenters. The molecule has 1 aromatic rings. The second kappa shape index (κ2) is 7.22. The van der Waals surface area contributed by atoms with Gasteiger partial charge in [-0.25, -0.2) is 0 Å². The summed E-state index contributed by atoms with van der Waals surface area (Å²) in [5.41, 5.74) is 5.77. The highest BCUT2D eigenvalue weighted by Gasteiger charge is 2.50. The maximum absolute atomic E-state index is 13.5. The topological polar surface area (TPSA) is 158 Å². The molecular weight excluding hydrogens is 416 g/mol. The summed E-state index contributed by atoms with van der Waals surface area (Å²) in [5, 5.41) is 32.0. The van der Waals surface area contributed by atoms with E-state index in [1.54, 1.807) is 25.1 Å². The predicted molar refractivity (Wildman–Crippen MR) is 114 cm³/mol. The Labute approximate surface area is 183 Å². The van der Waals surface area contributed by atoms with Crippen LogP contribution in [0.5, 0.6) is 5.75 Å². The lowest BCUT2D eigenvalue weighted by atomic mass is 9.62. The number of fused-ring (bicyclic) bond motifs is 3. The van der Waals surface area contributed by atoms with Crippen molar-refractivity contribution in [1.82, 2.24) is 0 Å². The lowest BCUT2D eigenvalue weighted by Gasteiger charge is -2.41. The zero-order chi connectivity index (χ0) is 23.6. The molecule has 9 heteroatoms. The van der Waals surface area contributed by atoms with Crippen LogP contribution in [0.25, 0.3) is 0 Å². The van der Waals surface area contributed by atoms with Gasteiger partial charge in [0.2, 0.25) is 0 Å². The Morgan fingerprint density at radius 3 is 2.34 bits per heavy atom. The number of anilines is 1. The standard InChI is InChI=1S/C23H24N2O7/c1-8(26)11-7-13(25(2)3)12-5-9-4-10-6-14(27)18(23(24)32)22(31)16(10)20(29)15(9)21(30)17(12)19(11)28/h7,9-10,16,27-29H,4-6H2,1-3H3,(H2,24,32). The summed E-state index contributed by atoms with van der Waals surface area (Å²) in [5.74, 6) is -6.41. The molecule has 3 aliphatic carbocycles. The normalized spacial score (nSPS) is 24.7. The fraction of sp³-hybridized carbons (Fsp3) is 0.391. The minimum atomic E-state index is -1.17. The van der Waals surface area contributed by atoms with E-state index in [9.17, 15) is 34.5 Å². The van der Waals surface area contributed by atoms with E-state index in [4.69, 9.17) is 5.73 Å². The van der Waals surface area contributed by atoms with Gasteiger partial charge in [0.25, 0.3) is 5.91 Å². The number of carbonyl (C=O) groups excluding carboxylic acids is 4. The second-order valence-electron chi connectivity index (χ2n) is 8.85. The smallest absolute Gasteiger partial charge is 0.255 e. The molecule has 0 saturated heterocycles. The number of aliphatic hydroxyl groups is 2. The van der Waals surface area contributed by atoms with Crippen LogP contribution in [0.2, 0.25) is 0 Å². The second-order valence-corrected chi connectivity index (χ2v) is 8.85. The lowest BCUT2D eigenvalue weighted by Crippen LogP contribution is -2.43. The lowest BCUT2D eigenvalue weighted by molar-refractivity contribution is -0.126. The molecule has 1 aromatic carbocycles. The van der Waals surface area contributed by atoms with Crippen LogP contribution in [0.1, 0.15) is 46.0 Å². The average molecular weight is 440 g/mol. The number of rotatable bonds is 3. The molecule has 0 aliphatic heterocycles. The monoisotopic (exact) mass is 440 g/mol. The summed E-state index contributed by atoms with van der Waals surface area (Å²) < 4.78 is 0. The number of carbonyl (C=O) groups is 4. The first-order valence-electron chi connectivity index (χ1n) is 10.3. The van der Waals surface area contributed by atoms with E-state index in [1.807, 2.05) is 0 Å². The van der Waals surface area contributed by atoms with Gasteiger partial charge in [0.1, 0.15) is 22.8 Å². The zero-order valence-corrected chi connectivity index (χ0v) is 17.9. The van der Waals surface area contributed by atoms with Gasteiger partial charge >= 0.3 is 0 Å². The van der Waals surface area contributed by atoms with Crippen LogP contribution in [0.3, 0.4) is 0 Å². The predicted octanol–water partition coefficient (Wildman–Crippen LogP) is 1.73. The molecule has 3 atom stereocenters. The highest BCUT2D eigenvalue weighted by Crippen LogP contribution is 2.51. The van der Waals surface area contributed by atoms with Crippen molar-refractivity contribution in [2.45, 2.75) is 26.2 Å². The highest BCUT2D eigenvalue weighted by molar-refractivity contribution is 6.22. The molecule has 1 amide bonds. The van der Waals surface area contributed by atoms with Crippen molar-refractivity contribution in [2.75, 3.05) is 19.0 Å². The number of nitrogens with two attached hydrogens (primary N) is 1. The minimum absolute atomic E-state index is 0.00183. The van der Waals surface area contributed by atoms with Gasteiger partial charge in [-0.3, -0.25) is 19.2 Å². The van der Waals surface area contributed by atoms with Crippen molar-refractivity contribution in [2.24, 2.45) is 23.5 Å². The van der Waals surface area contributed by atoms with Crippen molar-refractivity contribution in [3.8, 4) is 5.75 Å². The van der Waals surface area contributed by atoms with Crippen LogP contribution in [0, 0.1) is 17.8 Å². The van der Waals surface area contributed by atoms with Gasteiger partial charge in [0.05, 0.1) is 17.0 Å². The van der Waals surface area contributed by atoms with Crippen molar-refractivity contribution in [1.29, 1.82) is 0 Å². The molecule has 0 bridgehead atoms. The van der Waals surface area contributed by atoms with Crippen LogP contribution in [0.4, 0.5) is 5.69 Å². The quantitative estimate of drug-likeness (QED) is 0.409. The molecule has 4 rings (SSSR count). The van der Waals surface area contributed by atoms with Gasteiger partial charge in [0, 0.05) is 31.8 Å². The number of amides is 1. The van der Waals surface area contributed by atoms with Crippen LogP contribution in [-0.4, -0.2) is 52.7 Å². The third kappa shape index (κ3) is 2.91. The number of Topliss-reactive ketones (excluding diaryl/α,β-unsaturated/α-hetero) is 3. The first-order chi connectivity index (χ1) is 15.0. The highest BCUT2D eigenvalue weighted by atomic mass is 16.3. The number of hydrogen-bond donors (Lipinski definition) is 4. The number of nitrogens with zero attached hydrogens (tertiary/aromatic N) is 1. The van der Waals surface area contributed by atoms with Gasteiger partial charge in [-0.1, -0.05) is 0 Å². The summed E-state index contributed by atoms with van der Waals surface area (Å²) in [6.45, 7) is 1.28. The average Bonchev–Trinajstić information content (AvgIpc) is 2.66. The molecule has 168 valence electrons. The number of aliphatic hydroxyl groups excluding tert-OH is 2. The summed E-state index contributed by atoms with van der Waals surface area (Å²) in [6, 6.07) is 1.54. The molecule has 0 radical (unpaired) electrons. The van der Waals surface area contributed by atoms with Crippen molar-refractivity contribution >= 4 is 28.9 Å². The largest absolute Gasteiger partial charge is 0.511 e. The number of ketones is 3. The first-order valence-corrected chi connectivity index (χ1v) is 10.3. The molecule has 5 N–H and O–H groups in total.